The van der Waals surface area contributed by atoms with E-state index in [0.717, 1.165) is 25.7 Å². The second-order valence-electron chi connectivity index (χ2n) is 5.83. The topological polar surface area (TPSA) is 46.2 Å². The number of nitrogens with one attached hydrogen (secondary N) is 1. The van der Waals surface area contributed by atoms with E-state index < -0.39 is 9.84 Å². The van der Waals surface area contributed by atoms with Gasteiger partial charge in [0.15, 0.2) is 9.84 Å². The monoisotopic (exact) mass is 295 g/mol. The van der Waals surface area contributed by atoms with Gasteiger partial charge < -0.3 is 5.32 Å². The molecule has 1 fully saturated rings. The molecule has 2 rings (SSSR count). The Labute approximate surface area is 122 Å². The molecule has 0 spiro atoms. The summed E-state index contributed by atoms with van der Waals surface area (Å²) in [5.74, 6) is 0.635. The van der Waals surface area contributed by atoms with Crippen molar-refractivity contribution in [2.45, 2.75) is 51.6 Å². The van der Waals surface area contributed by atoms with Crippen LogP contribution in [0, 0.1) is 0 Å². The molecule has 1 N–H and O–H groups in total. The van der Waals surface area contributed by atoms with E-state index in [4.69, 9.17) is 0 Å². The van der Waals surface area contributed by atoms with Crippen LogP contribution >= 0.6 is 0 Å². The quantitative estimate of drug-likeness (QED) is 0.908. The largest absolute Gasteiger partial charge is 0.306 e. The second kappa shape index (κ2) is 6.72. The minimum absolute atomic E-state index is 0.0964. The van der Waals surface area contributed by atoms with Crippen molar-refractivity contribution >= 4 is 9.84 Å². The van der Waals surface area contributed by atoms with Crippen molar-refractivity contribution < 1.29 is 8.42 Å². The van der Waals surface area contributed by atoms with E-state index >= 15 is 0 Å². The average molecular weight is 295 g/mol. The van der Waals surface area contributed by atoms with Gasteiger partial charge in [0.1, 0.15) is 0 Å². The third-order valence-corrected chi connectivity index (χ3v) is 5.79. The molecule has 1 saturated heterocycles. The SMILES string of the molecule is CCCc1ccc(C(C)NC2CCCS(=O)(=O)C2)cc1. The van der Waals surface area contributed by atoms with Gasteiger partial charge >= 0.3 is 0 Å². The summed E-state index contributed by atoms with van der Waals surface area (Å²) >= 11 is 0. The molecule has 0 aliphatic carbocycles. The van der Waals surface area contributed by atoms with Crippen molar-refractivity contribution in [3.8, 4) is 0 Å². The fraction of sp³-hybridized carbons (Fsp3) is 0.625. The summed E-state index contributed by atoms with van der Waals surface area (Å²) in [6.07, 6.45) is 4.01. The molecule has 3 nitrogen and oxygen atoms in total. The summed E-state index contributed by atoms with van der Waals surface area (Å²) in [4.78, 5) is 0. The zero-order valence-corrected chi connectivity index (χ0v) is 13.2. The van der Waals surface area contributed by atoms with Crippen LogP contribution in [-0.4, -0.2) is 26.0 Å². The number of sulfone groups is 1. The summed E-state index contributed by atoms with van der Waals surface area (Å²) in [5, 5.41) is 3.46. The molecule has 1 aromatic carbocycles. The predicted octanol–water partition coefficient (Wildman–Crippen LogP) is 2.87. The number of rotatable bonds is 5. The van der Waals surface area contributed by atoms with Crippen LogP contribution in [0.5, 0.6) is 0 Å². The van der Waals surface area contributed by atoms with Crippen LogP contribution in [0.1, 0.15) is 50.3 Å². The van der Waals surface area contributed by atoms with Crippen molar-refractivity contribution in [2.24, 2.45) is 0 Å². The lowest BCUT2D eigenvalue weighted by molar-refractivity contribution is 0.437. The van der Waals surface area contributed by atoms with Gasteiger partial charge in [0, 0.05) is 12.1 Å². The minimum atomic E-state index is -2.84. The average Bonchev–Trinajstić information content (AvgIpc) is 2.38. The van der Waals surface area contributed by atoms with Crippen molar-refractivity contribution in [3.63, 3.8) is 0 Å². The lowest BCUT2D eigenvalue weighted by Gasteiger charge is -2.27. The van der Waals surface area contributed by atoms with E-state index in [1.807, 2.05) is 0 Å². The molecule has 112 valence electrons. The van der Waals surface area contributed by atoms with E-state index in [0.29, 0.717) is 5.75 Å². The smallest absolute Gasteiger partial charge is 0.151 e. The third-order valence-electron chi connectivity index (χ3n) is 3.97. The van der Waals surface area contributed by atoms with Gasteiger partial charge in [-0.15, -0.1) is 0 Å². The van der Waals surface area contributed by atoms with E-state index in [1.165, 1.54) is 11.1 Å². The zero-order valence-electron chi connectivity index (χ0n) is 12.4. The lowest BCUT2D eigenvalue weighted by Crippen LogP contribution is -2.41. The molecule has 20 heavy (non-hydrogen) atoms. The number of hydrogen-bond donors (Lipinski definition) is 1. The van der Waals surface area contributed by atoms with Gasteiger partial charge in [0.05, 0.1) is 11.5 Å². The summed E-state index contributed by atoms with van der Waals surface area (Å²) < 4.78 is 23.3. The zero-order chi connectivity index (χ0) is 14.6. The lowest BCUT2D eigenvalue weighted by atomic mass is 10.0. The van der Waals surface area contributed by atoms with Gasteiger partial charge in [-0.25, -0.2) is 8.42 Å². The first-order chi connectivity index (χ1) is 9.50. The molecule has 0 amide bonds. The molecule has 2 unspecified atom stereocenters. The highest BCUT2D eigenvalue weighted by molar-refractivity contribution is 7.91. The Morgan fingerprint density at radius 2 is 2.00 bits per heavy atom. The van der Waals surface area contributed by atoms with Gasteiger partial charge in [-0.3, -0.25) is 0 Å². The van der Waals surface area contributed by atoms with Gasteiger partial charge in [-0.05, 0) is 37.3 Å². The van der Waals surface area contributed by atoms with Gasteiger partial charge in [0.2, 0.25) is 0 Å². The summed E-state index contributed by atoms with van der Waals surface area (Å²) in [7, 11) is -2.84. The van der Waals surface area contributed by atoms with E-state index in [2.05, 4.69) is 43.4 Å². The fourth-order valence-corrected chi connectivity index (χ4v) is 4.51. The molecule has 0 radical (unpaired) electrons. The number of benzene rings is 1. The summed E-state index contributed by atoms with van der Waals surface area (Å²) in [6, 6.07) is 8.95. The van der Waals surface area contributed by atoms with Gasteiger partial charge in [0.25, 0.3) is 0 Å². The first kappa shape index (κ1) is 15.5. The Morgan fingerprint density at radius 1 is 1.30 bits per heavy atom. The molecule has 0 saturated carbocycles. The maximum Gasteiger partial charge on any atom is 0.151 e. The van der Waals surface area contributed by atoms with Gasteiger partial charge in [-0.1, -0.05) is 37.6 Å². The Morgan fingerprint density at radius 3 is 2.60 bits per heavy atom. The fourth-order valence-electron chi connectivity index (χ4n) is 2.87. The van der Waals surface area contributed by atoms with Crippen LogP contribution in [0.4, 0.5) is 0 Å². The van der Waals surface area contributed by atoms with E-state index in [9.17, 15) is 8.42 Å². The van der Waals surface area contributed by atoms with Crippen molar-refractivity contribution in [2.75, 3.05) is 11.5 Å². The molecule has 4 heteroatoms. The summed E-state index contributed by atoms with van der Waals surface area (Å²) in [5.41, 5.74) is 2.59. The summed E-state index contributed by atoms with van der Waals surface area (Å²) in [6.45, 7) is 4.29. The highest BCUT2D eigenvalue weighted by Gasteiger charge is 2.25. The molecule has 1 aliphatic heterocycles. The molecular weight excluding hydrogens is 270 g/mol. The van der Waals surface area contributed by atoms with E-state index in [-0.39, 0.29) is 17.8 Å². The standard InChI is InChI=1S/C16H25NO2S/c1-3-5-14-7-9-15(10-8-14)13(2)17-16-6-4-11-20(18,19)12-16/h7-10,13,16-17H,3-6,11-12H2,1-2H3. The van der Waals surface area contributed by atoms with Gasteiger partial charge in [-0.2, -0.15) is 0 Å². The first-order valence-electron chi connectivity index (χ1n) is 7.55. The molecule has 2 atom stereocenters. The minimum Gasteiger partial charge on any atom is -0.306 e. The highest BCUT2D eigenvalue weighted by Crippen LogP contribution is 2.19. The maximum atomic E-state index is 11.7. The third kappa shape index (κ3) is 4.32. The van der Waals surface area contributed by atoms with Crippen molar-refractivity contribution in [1.82, 2.24) is 5.32 Å². The Bertz CT molecular complexity index is 522. The maximum absolute atomic E-state index is 11.7. The molecule has 0 aromatic heterocycles. The Hall–Kier alpha value is -0.870. The Kier molecular flexibility index (Phi) is 5.22. The molecule has 0 bridgehead atoms. The highest BCUT2D eigenvalue weighted by atomic mass is 32.2. The molecule has 1 heterocycles. The normalized spacial score (nSPS) is 23.4. The van der Waals surface area contributed by atoms with Crippen LogP contribution in [0.25, 0.3) is 0 Å². The van der Waals surface area contributed by atoms with Crippen LogP contribution in [0.2, 0.25) is 0 Å². The predicted molar refractivity (Wildman–Crippen MR) is 83.7 cm³/mol. The van der Waals surface area contributed by atoms with Crippen molar-refractivity contribution in [1.29, 1.82) is 0 Å². The Balaban J connectivity index is 1.95. The molecule has 1 aliphatic rings. The van der Waals surface area contributed by atoms with Crippen molar-refractivity contribution in [3.05, 3.63) is 35.4 Å². The first-order valence-corrected chi connectivity index (χ1v) is 9.37. The number of aryl methyl sites for hydroxylation is 1. The van der Waals surface area contributed by atoms with Crippen LogP contribution in [0.15, 0.2) is 24.3 Å². The van der Waals surface area contributed by atoms with Crippen LogP contribution in [0.3, 0.4) is 0 Å². The van der Waals surface area contributed by atoms with E-state index in [1.54, 1.807) is 0 Å². The second-order valence-corrected chi connectivity index (χ2v) is 8.06. The number of hydrogen-bond acceptors (Lipinski definition) is 3. The molecular formula is C16H25NO2S. The van der Waals surface area contributed by atoms with Crippen LogP contribution in [-0.2, 0) is 16.3 Å². The molecule has 1 aromatic rings. The van der Waals surface area contributed by atoms with Crippen LogP contribution < -0.4 is 5.32 Å².